The van der Waals surface area contributed by atoms with Crippen LogP contribution in [-0.2, 0) is 4.79 Å². The zero-order valence-corrected chi connectivity index (χ0v) is 14.1. The average molecular weight is 333 g/mol. The Morgan fingerprint density at radius 1 is 1.17 bits per heavy atom. The largest absolute Gasteiger partial charge is 0.492 e. The fraction of sp³-hybridized carbons (Fsp3) is 0.278. The lowest BCUT2D eigenvalue weighted by molar-refractivity contribution is -0.115. The van der Waals surface area contributed by atoms with Crippen LogP contribution >= 0.6 is 11.6 Å². The molecule has 1 atom stereocenters. The Balaban J connectivity index is 1.89. The van der Waals surface area contributed by atoms with Crippen molar-refractivity contribution in [1.29, 1.82) is 0 Å². The van der Waals surface area contributed by atoms with Crippen molar-refractivity contribution < 1.29 is 9.53 Å². The van der Waals surface area contributed by atoms with Gasteiger partial charge in [0.1, 0.15) is 5.75 Å². The highest BCUT2D eigenvalue weighted by molar-refractivity contribution is 6.30. The molecular formula is C18H21ClN2O2. The summed E-state index contributed by atoms with van der Waals surface area (Å²) in [6.45, 7) is 4.68. The van der Waals surface area contributed by atoms with E-state index in [9.17, 15) is 4.79 Å². The SMILES string of the molecule is CCOc1ccccc1NC(=O)CN[C@@H](C)c1ccc(Cl)cc1. The fourth-order valence-electron chi connectivity index (χ4n) is 2.16. The van der Waals surface area contributed by atoms with Crippen LogP contribution in [-0.4, -0.2) is 19.1 Å². The minimum atomic E-state index is -0.113. The Bertz CT molecular complexity index is 644. The Morgan fingerprint density at radius 3 is 2.57 bits per heavy atom. The first-order chi connectivity index (χ1) is 11.1. The van der Waals surface area contributed by atoms with Crippen LogP contribution in [0.2, 0.25) is 5.02 Å². The third-order valence-electron chi connectivity index (χ3n) is 3.40. The number of hydrogen-bond acceptors (Lipinski definition) is 3. The maximum atomic E-state index is 12.1. The molecule has 2 rings (SSSR count). The number of nitrogens with one attached hydrogen (secondary N) is 2. The van der Waals surface area contributed by atoms with Gasteiger partial charge in [0, 0.05) is 11.1 Å². The van der Waals surface area contributed by atoms with Crippen molar-refractivity contribution in [2.24, 2.45) is 0 Å². The van der Waals surface area contributed by atoms with Gasteiger partial charge in [-0.25, -0.2) is 0 Å². The number of ether oxygens (including phenoxy) is 1. The summed E-state index contributed by atoms with van der Waals surface area (Å²) in [4.78, 5) is 12.1. The van der Waals surface area contributed by atoms with Gasteiger partial charge in [-0.2, -0.15) is 0 Å². The monoisotopic (exact) mass is 332 g/mol. The quantitative estimate of drug-likeness (QED) is 0.805. The average Bonchev–Trinajstić information content (AvgIpc) is 2.55. The highest BCUT2D eigenvalue weighted by Gasteiger charge is 2.10. The number of carbonyl (C=O) groups is 1. The zero-order chi connectivity index (χ0) is 16.7. The lowest BCUT2D eigenvalue weighted by Gasteiger charge is -2.15. The molecule has 2 aromatic carbocycles. The molecule has 0 radical (unpaired) electrons. The van der Waals surface area contributed by atoms with E-state index in [1.165, 1.54) is 0 Å². The number of amides is 1. The van der Waals surface area contributed by atoms with Gasteiger partial charge in [0.15, 0.2) is 0 Å². The second kappa shape index (κ2) is 8.56. The Morgan fingerprint density at radius 2 is 1.87 bits per heavy atom. The molecule has 0 heterocycles. The van der Waals surface area contributed by atoms with Gasteiger partial charge in [0.25, 0.3) is 0 Å². The number of anilines is 1. The van der Waals surface area contributed by atoms with E-state index in [2.05, 4.69) is 10.6 Å². The van der Waals surface area contributed by atoms with Crippen LogP contribution < -0.4 is 15.4 Å². The van der Waals surface area contributed by atoms with Crippen LogP contribution in [0.25, 0.3) is 0 Å². The molecule has 0 aliphatic heterocycles. The first kappa shape index (κ1) is 17.3. The van der Waals surface area contributed by atoms with Gasteiger partial charge in [-0.3, -0.25) is 4.79 Å². The van der Waals surface area contributed by atoms with Crippen molar-refractivity contribution in [3.63, 3.8) is 0 Å². The topological polar surface area (TPSA) is 50.4 Å². The summed E-state index contributed by atoms with van der Waals surface area (Å²) < 4.78 is 5.50. The number of carbonyl (C=O) groups excluding carboxylic acids is 1. The van der Waals surface area contributed by atoms with E-state index in [-0.39, 0.29) is 18.5 Å². The summed E-state index contributed by atoms with van der Waals surface area (Å²) in [6, 6.07) is 15.0. The van der Waals surface area contributed by atoms with E-state index in [1.807, 2.05) is 62.4 Å². The third kappa shape index (κ3) is 5.27. The molecule has 0 bridgehead atoms. The Labute approximate surface area is 141 Å². The molecule has 5 heteroatoms. The van der Waals surface area contributed by atoms with Gasteiger partial charge in [-0.1, -0.05) is 35.9 Å². The number of halogens is 1. The van der Waals surface area contributed by atoms with Gasteiger partial charge in [-0.15, -0.1) is 0 Å². The van der Waals surface area contributed by atoms with E-state index in [0.29, 0.717) is 23.1 Å². The van der Waals surface area contributed by atoms with Crippen LogP contribution in [0, 0.1) is 0 Å². The van der Waals surface area contributed by atoms with Gasteiger partial charge in [0.2, 0.25) is 5.91 Å². The summed E-state index contributed by atoms with van der Waals surface area (Å²) >= 11 is 5.88. The molecular weight excluding hydrogens is 312 g/mol. The van der Waals surface area contributed by atoms with Crippen molar-refractivity contribution in [2.45, 2.75) is 19.9 Å². The summed E-state index contributed by atoms with van der Waals surface area (Å²) in [5.41, 5.74) is 1.76. The molecule has 0 aliphatic rings. The molecule has 0 saturated carbocycles. The molecule has 0 aromatic heterocycles. The van der Waals surface area contributed by atoms with Gasteiger partial charge >= 0.3 is 0 Å². The summed E-state index contributed by atoms with van der Waals surface area (Å²) in [5, 5.41) is 6.76. The highest BCUT2D eigenvalue weighted by Crippen LogP contribution is 2.23. The molecule has 23 heavy (non-hydrogen) atoms. The Kier molecular flexibility index (Phi) is 6.44. The van der Waals surface area contributed by atoms with Crippen molar-refractivity contribution in [3.05, 3.63) is 59.1 Å². The molecule has 2 aromatic rings. The lowest BCUT2D eigenvalue weighted by atomic mass is 10.1. The second-order valence-electron chi connectivity index (χ2n) is 5.13. The van der Waals surface area contributed by atoms with Crippen LogP contribution in [0.3, 0.4) is 0 Å². The summed E-state index contributed by atoms with van der Waals surface area (Å²) in [7, 11) is 0. The molecule has 0 unspecified atom stereocenters. The lowest BCUT2D eigenvalue weighted by Crippen LogP contribution is -2.30. The van der Waals surface area contributed by atoms with Crippen molar-refractivity contribution >= 4 is 23.2 Å². The van der Waals surface area contributed by atoms with E-state index in [0.717, 1.165) is 5.56 Å². The van der Waals surface area contributed by atoms with E-state index in [1.54, 1.807) is 0 Å². The number of para-hydroxylation sites is 2. The normalized spacial score (nSPS) is 11.8. The molecule has 4 nitrogen and oxygen atoms in total. The summed E-state index contributed by atoms with van der Waals surface area (Å²) in [6.07, 6.45) is 0. The standard InChI is InChI=1S/C18H21ClN2O2/c1-3-23-17-7-5-4-6-16(17)21-18(22)12-20-13(2)14-8-10-15(19)11-9-14/h4-11,13,20H,3,12H2,1-2H3,(H,21,22)/t13-/m0/s1. The van der Waals surface area contributed by atoms with Crippen molar-refractivity contribution in [1.82, 2.24) is 5.32 Å². The molecule has 2 N–H and O–H groups in total. The summed E-state index contributed by atoms with van der Waals surface area (Å²) in [5.74, 6) is 0.562. The highest BCUT2D eigenvalue weighted by atomic mass is 35.5. The predicted molar refractivity (Wildman–Crippen MR) is 94.1 cm³/mol. The van der Waals surface area contributed by atoms with Gasteiger partial charge in [0.05, 0.1) is 18.8 Å². The van der Waals surface area contributed by atoms with Crippen LogP contribution in [0.4, 0.5) is 5.69 Å². The van der Waals surface area contributed by atoms with Crippen LogP contribution in [0.15, 0.2) is 48.5 Å². The van der Waals surface area contributed by atoms with E-state index < -0.39 is 0 Å². The van der Waals surface area contributed by atoms with Crippen LogP contribution in [0.1, 0.15) is 25.5 Å². The fourth-order valence-corrected chi connectivity index (χ4v) is 2.29. The number of rotatable bonds is 7. The first-order valence-corrected chi connectivity index (χ1v) is 7.98. The van der Waals surface area contributed by atoms with Crippen molar-refractivity contribution in [3.8, 4) is 5.75 Å². The smallest absolute Gasteiger partial charge is 0.238 e. The third-order valence-corrected chi connectivity index (χ3v) is 3.65. The first-order valence-electron chi connectivity index (χ1n) is 7.60. The number of hydrogen-bond donors (Lipinski definition) is 2. The molecule has 1 amide bonds. The molecule has 122 valence electrons. The molecule has 0 aliphatic carbocycles. The van der Waals surface area contributed by atoms with E-state index >= 15 is 0 Å². The molecule has 0 spiro atoms. The minimum absolute atomic E-state index is 0.0557. The van der Waals surface area contributed by atoms with Crippen molar-refractivity contribution in [2.75, 3.05) is 18.5 Å². The zero-order valence-electron chi connectivity index (χ0n) is 13.3. The maximum absolute atomic E-state index is 12.1. The number of benzene rings is 2. The second-order valence-corrected chi connectivity index (χ2v) is 5.57. The Hall–Kier alpha value is -2.04. The van der Waals surface area contributed by atoms with E-state index in [4.69, 9.17) is 16.3 Å². The molecule has 0 fully saturated rings. The molecule has 0 saturated heterocycles. The predicted octanol–water partition coefficient (Wildman–Crippen LogP) is 4.03. The van der Waals surface area contributed by atoms with Gasteiger partial charge in [-0.05, 0) is 43.7 Å². The maximum Gasteiger partial charge on any atom is 0.238 e. The minimum Gasteiger partial charge on any atom is -0.492 e. The van der Waals surface area contributed by atoms with Gasteiger partial charge < -0.3 is 15.4 Å². The van der Waals surface area contributed by atoms with Crippen LogP contribution in [0.5, 0.6) is 5.75 Å².